The van der Waals surface area contributed by atoms with Crippen LogP contribution < -0.4 is 9.47 Å². The monoisotopic (exact) mass is 288 g/mol. The van der Waals surface area contributed by atoms with Crippen LogP contribution in [0.15, 0.2) is 42.5 Å². The molecule has 4 heteroatoms. The summed E-state index contributed by atoms with van der Waals surface area (Å²) in [6.07, 6.45) is 0.344. The van der Waals surface area contributed by atoms with Gasteiger partial charge in [0.25, 0.3) is 0 Å². The van der Waals surface area contributed by atoms with Gasteiger partial charge in [0, 0.05) is 17.0 Å². The Labute approximate surface area is 122 Å². The largest absolute Gasteiger partial charge is 0.486 e. The van der Waals surface area contributed by atoms with Crippen LogP contribution in [0.3, 0.4) is 0 Å². The fourth-order valence-electron chi connectivity index (χ4n) is 2.11. The minimum Gasteiger partial charge on any atom is -0.486 e. The molecule has 1 aliphatic rings. The van der Waals surface area contributed by atoms with E-state index in [-0.39, 0.29) is 5.78 Å². The molecule has 0 bridgehead atoms. The molecular formula is C16H13ClO3. The molecule has 0 aromatic heterocycles. The van der Waals surface area contributed by atoms with Crippen molar-refractivity contribution in [3.8, 4) is 11.5 Å². The molecule has 3 nitrogen and oxygen atoms in total. The first-order valence-corrected chi connectivity index (χ1v) is 6.77. The lowest BCUT2D eigenvalue weighted by atomic mass is 10.0. The van der Waals surface area contributed by atoms with Gasteiger partial charge >= 0.3 is 0 Å². The summed E-state index contributed by atoms with van der Waals surface area (Å²) in [7, 11) is 0. The molecule has 2 aromatic rings. The average molecular weight is 289 g/mol. The highest BCUT2D eigenvalue weighted by Gasteiger charge is 2.15. The standard InChI is InChI=1S/C16H13ClO3/c17-13-4-1-11(2-5-13)9-14(18)12-3-6-15-16(10-12)20-8-7-19-15/h1-6,10H,7-9H2. The number of carbonyl (C=O) groups is 1. The number of rotatable bonds is 3. The first-order chi connectivity index (χ1) is 9.72. The molecule has 0 unspecified atom stereocenters. The number of hydrogen-bond acceptors (Lipinski definition) is 3. The number of halogens is 1. The normalized spacial score (nSPS) is 13.1. The van der Waals surface area contributed by atoms with Crippen molar-refractivity contribution in [2.24, 2.45) is 0 Å². The zero-order valence-electron chi connectivity index (χ0n) is 10.8. The van der Waals surface area contributed by atoms with E-state index in [4.69, 9.17) is 21.1 Å². The molecule has 20 heavy (non-hydrogen) atoms. The number of Topliss-reactive ketones (excluding diaryl/α,β-unsaturated/α-hetero) is 1. The van der Waals surface area contributed by atoms with Gasteiger partial charge in [0.15, 0.2) is 17.3 Å². The Kier molecular flexibility index (Phi) is 3.61. The van der Waals surface area contributed by atoms with Crippen molar-refractivity contribution in [1.29, 1.82) is 0 Å². The average Bonchev–Trinajstić information content (AvgIpc) is 2.49. The molecule has 0 aliphatic carbocycles. The Morgan fingerprint density at radius 1 is 1.00 bits per heavy atom. The van der Waals surface area contributed by atoms with Gasteiger partial charge in [-0.2, -0.15) is 0 Å². The van der Waals surface area contributed by atoms with Crippen molar-refractivity contribution in [2.45, 2.75) is 6.42 Å². The molecular weight excluding hydrogens is 276 g/mol. The van der Waals surface area contributed by atoms with Crippen LogP contribution in [-0.4, -0.2) is 19.0 Å². The predicted octanol–water partition coefficient (Wildman–Crippen LogP) is 3.54. The van der Waals surface area contributed by atoms with Gasteiger partial charge < -0.3 is 9.47 Å². The van der Waals surface area contributed by atoms with Gasteiger partial charge in [0.05, 0.1) is 0 Å². The van der Waals surface area contributed by atoms with Crippen LogP contribution in [-0.2, 0) is 6.42 Å². The summed E-state index contributed by atoms with van der Waals surface area (Å²) in [5.74, 6) is 1.38. The van der Waals surface area contributed by atoms with Crippen molar-refractivity contribution in [3.63, 3.8) is 0 Å². The Hall–Kier alpha value is -2.00. The lowest BCUT2D eigenvalue weighted by molar-refractivity contribution is 0.0991. The van der Waals surface area contributed by atoms with Crippen LogP contribution in [0, 0.1) is 0 Å². The third kappa shape index (κ3) is 2.78. The summed E-state index contributed by atoms with van der Waals surface area (Å²) in [6.45, 7) is 1.06. The van der Waals surface area contributed by atoms with Crippen LogP contribution in [0.25, 0.3) is 0 Å². The lowest BCUT2D eigenvalue weighted by Crippen LogP contribution is -2.16. The number of carbonyl (C=O) groups excluding carboxylic acids is 1. The maximum atomic E-state index is 12.3. The summed E-state index contributed by atoms with van der Waals surface area (Å²) >= 11 is 5.83. The molecule has 0 atom stereocenters. The quantitative estimate of drug-likeness (QED) is 0.811. The second kappa shape index (κ2) is 5.55. The lowest BCUT2D eigenvalue weighted by Gasteiger charge is -2.18. The number of ether oxygens (including phenoxy) is 2. The molecule has 1 heterocycles. The van der Waals surface area contributed by atoms with E-state index in [9.17, 15) is 4.79 Å². The highest BCUT2D eigenvalue weighted by molar-refractivity contribution is 6.30. The zero-order chi connectivity index (χ0) is 13.9. The number of ketones is 1. The minimum atomic E-state index is 0.0456. The van der Waals surface area contributed by atoms with Crippen molar-refractivity contribution in [2.75, 3.05) is 13.2 Å². The van der Waals surface area contributed by atoms with Crippen molar-refractivity contribution >= 4 is 17.4 Å². The molecule has 0 saturated heterocycles. The van der Waals surface area contributed by atoms with E-state index in [0.29, 0.717) is 41.7 Å². The van der Waals surface area contributed by atoms with E-state index in [1.165, 1.54) is 0 Å². The summed E-state index contributed by atoms with van der Waals surface area (Å²) in [5.41, 5.74) is 1.57. The van der Waals surface area contributed by atoms with Crippen molar-refractivity contribution < 1.29 is 14.3 Å². The molecule has 1 aliphatic heterocycles. The van der Waals surface area contributed by atoms with Gasteiger partial charge in [-0.05, 0) is 35.9 Å². The highest BCUT2D eigenvalue weighted by Crippen LogP contribution is 2.31. The van der Waals surface area contributed by atoms with Gasteiger partial charge in [-0.3, -0.25) is 4.79 Å². The van der Waals surface area contributed by atoms with E-state index in [1.54, 1.807) is 30.3 Å². The van der Waals surface area contributed by atoms with Crippen LogP contribution in [0.5, 0.6) is 11.5 Å². The Balaban J connectivity index is 1.78. The molecule has 0 radical (unpaired) electrons. The molecule has 3 rings (SSSR count). The third-order valence-corrected chi connectivity index (χ3v) is 3.39. The fraction of sp³-hybridized carbons (Fsp3) is 0.188. The molecule has 0 N–H and O–H groups in total. The van der Waals surface area contributed by atoms with Gasteiger partial charge in [0.1, 0.15) is 13.2 Å². The van der Waals surface area contributed by atoms with Gasteiger partial charge in [-0.25, -0.2) is 0 Å². The molecule has 0 fully saturated rings. The summed E-state index contributed by atoms with van der Waals surface area (Å²) in [6, 6.07) is 12.6. The second-order valence-electron chi connectivity index (χ2n) is 4.58. The Morgan fingerprint density at radius 2 is 1.70 bits per heavy atom. The second-order valence-corrected chi connectivity index (χ2v) is 5.02. The zero-order valence-corrected chi connectivity index (χ0v) is 11.5. The van der Waals surface area contributed by atoms with Gasteiger partial charge in [-0.15, -0.1) is 0 Å². The number of benzene rings is 2. The summed E-state index contributed by atoms with van der Waals surface area (Å²) < 4.78 is 10.9. The summed E-state index contributed by atoms with van der Waals surface area (Å²) in [4.78, 5) is 12.3. The van der Waals surface area contributed by atoms with Crippen molar-refractivity contribution in [1.82, 2.24) is 0 Å². The first-order valence-electron chi connectivity index (χ1n) is 6.40. The predicted molar refractivity (Wildman–Crippen MR) is 76.9 cm³/mol. The van der Waals surface area contributed by atoms with Crippen LogP contribution in [0.1, 0.15) is 15.9 Å². The van der Waals surface area contributed by atoms with Crippen molar-refractivity contribution in [3.05, 3.63) is 58.6 Å². The van der Waals surface area contributed by atoms with E-state index >= 15 is 0 Å². The van der Waals surface area contributed by atoms with Crippen LogP contribution in [0.2, 0.25) is 5.02 Å². The van der Waals surface area contributed by atoms with Gasteiger partial charge in [0.2, 0.25) is 0 Å². The van der Waals surface area contributed by atoms with E-state index in [2.05, 4.69) is 0 Å². The van der Waals surface area contributed by atoms with Crippen LogP contribution >= 0.6 is 11.6 Å². The molecule has 0 spiro atoms. The fourth-order valence-corrected chi connectivity index (χ4v) is 2.23. The SMILES string of the molecule is O=C(Cc1ccc(Cl)cc1)c1ccc2c(c1)OCCO2. The summed E-state index contributed by atoms with van der Waals surface area (Å²) in [5, 5.41) is 0.667. The molecule has 0 saturated carbocycles. The molecule has 102 valence electrons. The highest BCUT2D eigenvalue weighted by atomic mass is 35.5. The number of fused-ring (bicyclic) bond motifs is 1. The van der Waals surface area contributed by atoms with E-state index in [1.807, 2.05) is 12.1 Å². The first kappa shape index (κ1) is 13.0. The Morgan fingerprint density at radius 3 is 2.45 bits per heavy atom. The van der Waals surface area contributed by atoms with Gasteiger partial charge in [-0.1, -0.05) is 23.7 Å². The third-order valence-electron chi connectivity index (χ3n) is 3.14. The van der Waals surface area contributed by atoms with Crippen LogP contribution in [0.4, 0.5) is 0 Å². The van der Waals surface area contributed by atoms with E-state index in [0.717, 1.165) is 5.56 Å². The number of hydrogen-bond donors (Lipinski definition) is 0. The Bertz CT molecular complexity index is 635. The maximum Gasteiger partial charge on any atom is 0.167 e. The molecule has 0 amide bonds. The topological polar surface area (TPSA) is 35.5 Å². The minimum absolute atomic E-state index is 0.0456. The maximum absolute atomic E-state index is 12.3. The smallest absolute Gasteiger partial charge is 0.167 e. The van der Waals surface area contributed by atoms with E-state index < -0.39 is 0 Å². The molecule has 2 aromatic carbocycles.